The Kier molecular flexibility index (Phi) is 4.37. The zero-order valence-electron chi connectivity index (χ0n) is 14.5. The summed E-state index contributed by atoms with van der Waals surface area (Å²) in [5.74, 6) is -0.466. The van der Waals surface area contributed by atoms with Gasteiger partial charge in [-0.2, -0.15) is 0 Å². The van der Waals surface area contributed by atoms with Crippen molar-refractivity contribution in [2.45, 2.75) is 13.1 Å². The first-order chi connectivity index (χ1) is 13.0. The molecule has 0 saturated heterocycles. The molecule has 1 aliphatic rings. The van der Waals surface area contributed by atoms with Gasteiger partial charge in [-0.05, 0) is 41.8 Å². The molecule has 2 aromatic heterocycles. The number of rotatable bonds is 5. The van der Waals surface area contributed by atoms with E-state index < -0.39 is 5.91 Å². The molecular weight excluding hydrogens is 364 g/mol. The molecule has 136 valence electrons. The number of carbonyl (C=O) groups excluding carboxylic acids is 3. The van der Waals surface area contributed by atoms with E-state index in [1.807, 2.05) is 17.5 Å². The highest BCUT2D eigenvalue weighted by Crippen LogP contribution is 2.26. The van der Waals surface area contributed by atoms with Crippen LogP contribution in [0.25, 0.3) is 0 Å². The van der Waals surface area contributed by atoms with Crippen molar-refractivity contribution in [3.63, 3.8) is 0 Å². The third-order valence-electron chi connectivity index (χ3n) is 4.43. The lowest BCUT2D eigenvalue weighted by Gasteiger charge is -2.16. The van der Waals surface area contributed by atoms with Gasteiger partial charge < -0.3 is 9.32 Å². The molecule has 0 saturated carbocycles. The van der Waals surface area contributed by atoms with Gasteiger partial charge in [-0.3, -0.25) is 19.3 Å². The number of thiophene rings is 1. The average Bonchev–Trinajstić information content (AvgIpc) is 3.41. The fourth-order valence-corrected chi connectivity index (χ4v) is 3.81. The number of hydrogen-bond donors (Lipinski definition) is 0. The molecule has 0 bridgehead atoms. The van der Waals surface area contributed by atoms with Crippen molar-refractivity contribution in [3.8, 4) is 0 Å². The largest absolute Gasteiger partial charge is 0.467 e. The molecule has 6 nitrogen and oxygen atoms in total. The van der Waals surface area contributed by atoms with E-state index in [0.717, 1.165) is 9.78 Å². The van der Waals surface area contributed by atoms with Crippen molar-refractivity contribution in [2.24, 2.45) is 0 Å². The van der Waals surface area contributed by atoms with E-state index >= 15 is 0 Å². The summed E-state index contributed by atoms with van der Waals surface area (Å²) in [6.07, 6.45) is 1.49. The summed E-state index contributed by atoms with van der Waals surface area (Å²) in [5.41, 5.74) is 0.944. The summed E-state index contributed by atoms with van der Waals surface area (Å²) in [7, 11) is 1.71. The van der Waals surface area contributed by atoms with Crippen molar-refractivity contribution < 1.29 is 18.8 Å². The number of amides is 3. The van der Waals surface area contributed by atoms with E-state index in [4.69, 9.17) is 4.42 Å². The minimum Gasteiger partial charge on any atom is -0.467 e. The van der Waals surface area contributed by atoms with Gasteiger partial charge in [0.05, 0.1) is 30.5 Å². The van der Waals surface area contributed by atoms with Crippen LogP contribution < -0.4 is 0 Å². The van der Waals surface area contributed by atoms with Crippen molar-refractivity contribution in [1.82, 2.24) is 9.80 Å². The number of hydrogen-bond acceptors (Lipinski definition) is 5. The normalized spacial score (nSPS) is 13.1. The zero-order chi connectivity index (χ0) is 19.0. The lowest BCUT2D eigenvalue weighted by molar-refractivity contribution is 0.0631. The Morgan fingerprint density at radius 1 is 1.11 bits per heavy atom. The maximum atomic E-state index is 12.7. The molecule has 27 heavy (non-hydrogen) atoms. The average molecular weight is 380 g/mol. The number of benzene rings is 1. The van der Waals surface area contributed by atoms with Crippen molar-refractivity contribution in [1.29, 1.82) is 0 Å². The molecule has 3 heterocycles. The van der Waals surface area contributed by atoms with Gasteiger partial charge in [-0.15, -0.1) is 11.3 Å². The third kappa shape index (κ3) is 3.17. The molecule has 3 aromatic rings. The molecule has 7 heteroatoms. The molecule has 0 radical (unpaired) electrons. The number of nitrogens with zero attached hydrogens (tertiary/aromatic N) is 2. The zero-order valence-corrected chi connectivity index (χ0v) is 15.4. The van der Waals surface area contributed by atoms with E-state index in [1.54, 1.807) is 47.5 Å². The molecule has 3 amide bonds. The van der Waals surface area contributed by atoms with Crippen LogP contribution in [0.5, 0.6) is 0 Å². The quantitative estimate of drug-likeness (QED) is 0.636. The lowest BCUT2D eigenvalue weighted by atomic mass is 10.0. The number of carbonyl (C=O) groups is 3. The molecule has 0 N–H and O–H groups in total. The number of fused-ring (bicyclic) bond motifs is 1. The maximum Gasteiger partial charge on any atom is 0.261 e. The van der Waals surface area contributed by atoms with E-state index in [-0.39, 0.29) is 23.9 Å². The lowest BCUT2D eigenvalue weighted by Crippen LogP contribution is -2.28. The smallest absolute Gasteiger partial charge is 0.261 e. The molecule has 0 atom stereocenters. The molecule has 0 fully saturated rings. The van der Waals surface area contributed by atoms with Crippen molar-refractivity contribution in [3.05, 3.63) is 81.4 Å². The van der Waals surface area contributed by atoms with Crippen LogP contribution in [0.3, 0.4) is 0 Å². The molecule has 4 rings (SSSR count). The van der Waals surface area contributed by atoms with E-state index in [2.05, 4.69) is 0 Å². The van der Waals surface area contributed by atoms with E-state index in [1.165, 1.54) is 12.3 Å². The second kappa shape index (κ2) is 6.85. The highest BCUT2D eigenvalue weighted by molar-refractivity contribution is 7.09. The first-order valence-electron chi connectivity index (χ1n) is 8.35. The summed E-state index contributed by atoms with van der Waals surface area (Å²) in [6.45, 7) is 0.561. The summed E-state index contributed by atoms with van der Waals surface area (Å²) in [6, 6.07) is 12.0. The number of imide groups is 1. The van der Waals surface area contributed by atoms with Crippen LogP contribution in [0.1, 0.15) is 41.7 Å². The first kappa shape index (κ1) is 17.2. The Bertz CT molecular complexity index is 1010. The summed E-state index contributed by atoms with van der Waals surface area (Å²) in [5, 5.41) is 1.96. The Morgan fingerprint density at radius 2 is 1.93 bits per heavy atom. The molecular formula is C20H16N2O4S. The Labute approximate surface area is 159 Å². The van der Waals surface area contributed by atoms with Gasteiger partial charge in [0.2, 0.25) is 0 Å². The fraction of sp³-hybridized carbons (Fsp3) is 0.150. The second-order valence-corrected chi connectivity index (χ2v) is 7.31. The van der Waals surface area contributed by atoms with Gasteiger partial charge >= 0.3 is 0 Å². The summed E-state index contributed by atoms with van der Waals surface area (Å²) >= 11 is 1.58. The highest BCUT2D eigenvalue weighted by Gasteiger charge is 2.36. The van der Waals surface area contributed by atoms with Crippen LogP contribution in [0.4, 0.5) is 0 Å². The Hall–Kier alpha value is -3.19. The van der Waals surface area contributed by atoms with Crippen LogP contribution in [0.2, 0.25) is 0 Å². The first-order valence-corrected chi connectivity index (χ1v) is 9.23. The highest BCUT2D eigenvalue weighted by atomic mass is 32.1. The Morgan fingerprint density at radius 3 is 2.63 bits per heavy atom. The SMILES string of the molecule is CN(Cc1cccs1)C(=O)c1ccc2c(c1)C(=O)N(Cc1ccco1)C2=O. The standard InChI is InChI=1S/C20H16N2O4S/c1-21(12-15-5-3-9-27-15)18(23)13-6-7-16-17(10-13)20(25)22(19(16)24)11-14-4-2-8-26-14/h2-10H,11-12H2,1H3. The molecule has 1 aromatic carbocycles. The van der Waals surface area contributed by atoms with Crippen molar-refractivity contribution in [2.75, 3.05) is 7.05 Å². The van der Waals surface area contributed by atoms with Crippen LogP contribution in [-0.2, 0) is 13.1 Å². The Balaban J connectivity index is 1.56. The summed E-state index contributed by atoms with van der Waals surface area (Å²) < 4.78 is 5.23. The van der Waals surface area contributed by atoms with Crippen LogP contribution in [-0.4, -0.2) is 34.6 Å². The third-order valence-corrected chi connectivity index (χ3v) is 5.29. The minimum absolute atomic E-state index is 0.0703. The minimum atomic E-state index is -0.415. The number of furan rings is 1. The van der Waals surface area contributed by atoms with Gasteiger partial charge in [0, 0.05) is 17.5 Å². The molecule has 0 aliphatic carbocycles. The van der Waals surface area contributed by atoms with Crippen LogP contribution in [0.15, 0.2) is 58.5 Å². The van der Waals surface area contributed by atoms with Gasteiger partial charge in [0.1, 0.15) is 5.76 Å². The van der Waals surface area contributed by atoms with Gasteiger partial charge in [0.15, 0.2) is 0 Å². The maximum absolute atomic E-state index is 12.7. The second-order valence-electron chi connectivity index (χ2n) is 6.28. The van der Waals surface area contributed by atoms with Gasteiger partial charge in [-0.25, -0.2) is 0 Å². The van der Waals surface area contributed by atoms with Crippen molar-refractivity contribution >= 4 is 29.1 Å². The fourth-order valence-electron chi connectivity index (χ4n) is 3.05. The van der Waals surface area contributed by atoms with Gasteiger partial charge in [0.25, 0.3) is 17.7 Å². The van der Waals surface area contributed by atoms with Crippen LogP contribution in [0, 0.1) is 0 Å². The molecule has 0 spiro atoms. The van der Waals surface area contributed by atoms with E-state index in [9.17, 15) is 14.4 Å². The predicted octanol–water partition coefficient (Wildman–Crippen LogP) is 3.41. The predicted molar refractivity (Wildman–Crippen MR) is 99.5 cm³/mol. The molecule has 1 aliphatic heterocycles. The molecule has 0 unspecified atom stereocenters. The van der Waals surface area contributed by atoms with Gasteiger partial charge in [-0.1, -0.05) is 6.07 Å². The topological polar surface area (TPSA) is 70.8 Å². The van der Waals surface area contributed by atoms with E-state index in [0.29, 0.717) is 23.4 Å². The van der Waals surface area contributed by atoms with Crippen LogP contribution >= 0.6 is 11.3 Å². The summed E-state index contributed by atoms with van der Waals surface area (Å²) in [4.78, 5) is 41.7. The monoisotopic (exact) mass is 380 g/mol.